The SMILES string of the molecule is CN=C(NCC1CCC1)NCC1CCCC1O. The summed E-state index contributed by atoms with van der Waals surface area (Å²) in [6, 6.07) is 0. The summed E-state index contributed by atoms with van der Waals surface area (Å²) < 4.78 is 0. The Morgan fingerprint density at radius 3 is 2.35 bits per heavy atom. The molecule has 0 heterocycles. The van der Waals surface area contributed by atoms with Gasteiger partial charge in [0.05, 0.1) is 6.10 Å². The van der Waals surface area contributed by atoms with Gasteiger partial charge in [0.15, 0.2) is 5.96 Å². The second kappa shape index (κ2) is 6.24. The lowest BCUT2D eigenvalue weighted by Crippen LogP contribution is -2.43. The van der Waals surface area contributed by atoms with Crippen LogP contribution >= 0.6 is 0 Å². The zero-order valence-electron chi connectivity index (χ0n) is 10.8. The fourth-order valence-electron chi connectivity index (χ4n) is 2.64. The second-order valence-corrected chi connectivity index (χ2v) is 5.39. The Labute approximate surface area is 104 Å². The molecule has 2 aliphatic carbocycles. The van der Waals surface area contributed by atoms with Gasteiger partial charge in [0.2, 0.25) is 0 Å². The zero-order chi connectivity index (χ0) is 12.1. The van der Waals surface area contributed by atoms with Crippen LogP contribution in [0.25, 0.3) is 0 Å². The molecule has 2 unspecified atom stereocenters. The van der Waals surface area contributed by atoms with E-state index < -0.39 is 0 Å². The molecule has 0 aromatic rings. The van der Waals surface area contributed by atoms with Gasteiger partial charge in [-0.25, -0.2) is 0 Å². The van der Waals surface area contributed by atoms with E-state index in [0.29, 0.717) is 5.92 Å². The molecule has 4 heteroatoms. The molecule has 0 aromatic heterocycles. The van der Waals surface area contributed by atoms with Crippen molar-refractivity contribution >= 4 is 5.96 Å². The van der Waals surface area contributed by atoms with Crippen molar-refractivity contribution in [3.8, 4) is 0 Å². The fraction of sp³-hybridized carbons (Fsp3) is 0.923. The number of guanidine groups is 1. The average molecular weight is 239 g/mol. The highest BCUT2D eigenvalue weighted by Gasteiger charge is 2.25. The van der Waals surface area contributed by atoms with E-state index in [1.165, 1.54) is 19.3 Å². The predicted octanol–water partition coefficient (Wildman–Crippen LogP) is 1.11. The highest BCUT2D eigenvalue weighted by Crippen LogP contribution is 2.25. The first-order valence-electron chi connectivity index (χ1n) is 6.92. The molecule has 0 bridgehead atoms. The van der Waals surface area contributed by atoms with E-state index in [-0.39, 0.29) is 6.10 Å². The van der Waals surface area contributed by atoms with Crippen LogP contribution in [0.15, 0.2) is 4.99 Å². The Morgan fingerprint density at radius 1 is 1.12 bits per heavy atom. The van der Waals surface area contributed by atoms with E-state index in [1.54, 1.807) is 7.05 Å². The third-order valence-electron chi connectivity index (χ3n) is 4.16. The van der Waals surface area contributed by atoms with Gasteiger partial charge < -0.3 is 15.7 Å². The lowest BCUT2D eigenvalue weighted by Gasteiger charge is -2.26. The van der Waals surface area contributed by atoms with Crippen LogP contribution in [0.5, 0.6) is 0 Å². The monoisotopic (exact) mass is 239 g/mol. The van der Waals surface area contributed by atoms with Crippen molar-refractivity contribution in [2.45, 2.75) is 44.6 Å². The van der Waals surface area contributed by atoms with Crippen molar-refractivity contribution in [1.82, 2.24) is 10.6 Å². The maximum atomic E-state index is 9.74. The molecule has 0 aromatic carbocycles. The molecule has 0 aliphatic heterocycles. The molecule has 4 nitrogen and oxygen atoms in total. The number of aliphatic imine (C=N–C) groups is 1. The number of nitrogens with one attached hydrogen (secondary N) is 2. The van der Waals surface area contributed by atoms with Crippen LogP contribution in [0.2, 0.25) is 0 Å². The summed E-state index contributed by atoms with van der Waals surface area (Å²) in [6.07, 6.45) is 7.21. The van der Waals surface area contributed by atoms with Crippen LogP contribution in [-0.4, -0.2) is 37.3 Å². The molecule has 2 rings (SSSR count). The molecule has 0 spiro atoms. The molecule has 98 valence electrons. The summed E-state index contributed by atoms with van der Waals surface area (Å²) in [7, 11) is 1.81. The van der Waals surface area contributed by atoms with Gasteiger partial charge in [-0.05, 0) is 31.6 Å². The number of nitrogens with zero attached hydrogens (tertiary/aromatic N) is 1. The maximum Gasteiger partial charge on any atom is 0.190 e. The summed E-state index contributed by atoms with van der Waals surface area (Å²) in [6.45, 7) is 1.87. The van der Waals surface area contributed by atoms with Crippen molar-refractivity contribution in [2.24, 2.45) is 16.8 Å². The molecule has 2 fully saturated rings. The number of aliphatic hydroxyl groups is 1. The molecule has 2 saturated carbocycles. The van der Waals surface area contributed by atoms with Crippen molar-refractivity contribution in [2.75, 3.05) is 20.1 Å². The first-order valence-corrected chi connectivity index (χ1v) is 6.92. The lowest BCUT2D eigenvalue weighted by molar-refractivity contribution is 0.134. The van der Waals surface area contributed by atoms with Crippen molar-refractivity contribution in [1.29, 1.82) is 0 Å². The molecule has 3 N–H and O–H groups in total. The van der Waals surface area contributed by atoms with Crippen LogP contribution in [-0.2, 0) is 0 Å². The highest BCUT2D eigenvalue weighted by molar-refractivity contribution is 5.79. The van der Waals surface area contributed by atoms with E-state index >= 15 is 0 Å². The third-order valence-corrected chi connectivity index (χ3v) is 4.16. The van der Waals surface area contributed by atoms with Crippen molar-refractivity contribution < 1.29 is 5.11 Å². The lowest BCUT2D eigenvalue weighted by atomic mass is 9.85. The summed E-state index contributed by atoms with van der Waals surface area (Å²) in [5, 5.41) is 16.4. The number of hydrogen-bond donors (Lipinski definition) is 3. The van der Waals surface area contributed by atoms with E-state index in [1.807, 2.05) is 0 Å². The third kappa shape index (κ3) is 3.60. The molecule has 0 amide bonds. The number of aliphatic hydroxyl groups excluding tert-OH is 1. The molecule has 0 radical (unpaired) electrons. The van der Waals surface area contributed by atoms with Gasteiger partial charge in [0.25, 0.3) is 0 Å². The number of hydrogen-bond acceptors (Lipinski definition) is 2. The second-order valence-electron chi connectivity index (χ2n) is 5.39. The Morgan fingerprint density at radius 2 is 1.82 bits per heavy atom. The molecule has 2 atom stereocenters. The zero-order valence-corrected chi connectivity index (χ0v) is 10.8. The molecular weight excluding hydrogens is 214 g/mol. The van der Waals surface area contributed by atoms with Crippen molar-refractivity contribution in [3.05, 3.63) is 0 Å². The average Bonchev–Trinajstić information content (AvgIpc) is 2.67. The molecule has 2 aliphatic rings. The molecule has 17 heavy (non-hydrogen) atoms. The Kier molecular flexibility index (Phi) is 4.66. The summed E-state index contributed by atoms with van der Waals surface area (Å²) >= 11 is 0. The minimum atomic E-state index is -0.118. The largest absolute Gasteiger partial charge is 0.393 e. The molecule has 0 saturated heterocycles. The normalized spacial score (nSPS) is 30.1. The quantitative estimate of drug-likeness (QED) is 0.509. The van der Waals surface area contributed by atoms with Gasteiger partial charge >= 0.3 is 0 Å². The summed E-state index contributed by atoms with van der Waals surface area (Å²) in [4.78, 5) is 4.22. The van der Waals surface area contributed by atoms with Gasteiger partial charge in [-0.2, -0.15) is 0 Å². The van der Waals surface area contributed by atoms with Gasteiger partial charge in [-0.15, -0.1) is 0 Å². The Balaban J connectivity index is 1.64. The van der Waals surface area contributed by atoms with Crippen LogP contribution in [0.4, 0.5) is 0 Å². The van der Waals surface area contributed by atoms with E-state index in [2.05, 4.69) is 15.6 Å². The smallest absolute Gasteiger partial charge is 0.190 e. The van der Waals surface area contributed by atoms with E-state index in [0.717, 1.165) is 44.2 Å². The fourth-order valence-corrected chi connectivity index (χ4v) is 2.64. The number of rotatable bonds is 4. The highest BCUT2D eigenvalue weighted by atomic mass is 16.3. The predicted molar refractivity (Wildman–Crippen MR) is 70.1 cm³/mol. The van der Waals surface area contributed by atoms with Gasteiger partial charge in [-0.3, -0.25) is 4.99 Å². The van der Waals surface area contributed by atoms with Gasteiger partial charge in [-0.1, -0.05) is 12.8 Å². The summed E-state index contributed by atoms with van der Waals surface area (Å²) in [5.41, 5.74) is 0. The van der Waals surface area contributed by atoms with Crippen LogP contribution < -0.4 is 10.6 Å². The standard InChI is InChI=1S/C13H25N3O/c1-14-13(15-8-10-4-2-5-10)16-9-11-6-3-7-12(11)17/h10-12,17H,2-9H2,1H3,(H2,14,15,16). The van der Waals surface area contributed by atoms with Crippen LogP contribution in [0.1, 0.15) is 38.5 Å². The topological polar surface area (TPSA) is 56.7 Å². The van der Waals surface area contributed by atoms with Crippen molar-refractivity contribution in [3.63, 3.8) is 0 Å². The van der Waals surface area contributed by atoms with E-state index in [4.69, 9.17) is 0 Å². The minimum Gasteiger partial charge on any atom is -0.393 e. The van der Waals surface area contributed by atoms with Gasteiger partial charge in [0, 0.05) is 26.1 Å². The summed E-state index contributed by atoms with van der Waals surface area (Å²) in [5.74, 6) is 2.12. The first kappa shape index (κ1) is 12.7. The van der Waals surface area contributed by atoms with Crippen LogP contribution in [0.3, 0.4) is 0 Å². The van der Waals surface area contributed by atoms with E-state index in [9.17, 15) is 5.11 Å². The minimum absolute atomic E-state index is 0.118. The molecular formula is C13H25N3O. The maximum absolute atomic E-state index is 9.74. The Hall–Kier alpha value is -0.770. The van der Waals surface area contributed by atoms with Crippen LogP contribution in [0, 0.1) is 11.8 Å². The first-order chi connectivity index (χ1) is 8.29. The van der Waals surface area contributed by atoms with Gasteiger partial charge in [0.1, 0.15) is 0 Å². The Bertz CT molecular complexity index is 263.